The molecule has 6 heteroatoms. The first-order valence-corrected chi connectivity index (χ1v) is 19.8. The summed E-state index contributed by atoms with van der Waals surface area (Å²) in [6.07, 6.45) is 0. The number of rotatable bonds is 4. The molecule has 10 aromatic rings. The van der Waals surface area contributed by atoms with Gasteiger partial charge in [-0.05, 0) is 58.8 Å². The zero-order valence-corrected chi connectivity index (χ0v) is 29.9. The van der Waals surface area contributed by atoms with Crippen molar-refractivity contribution in [1.29, 1.82) is 0 Å². The zero-order valence-electron chi connectivity index (χ0n) is 29.0. The molecule has 1 unspecified atom stereocenters. The highest BCUT2D eigenvalue weighted by molar-refractivity contribution is 7.81. The van der Waals surface area contributed by atoms with Gasteiger partial charge in [-0.2, -0.15) is 0 Å². The van der Waals surface area contributed by atoms with Crippen molar-refractivity contribution in [3.8, 4) is 28.3 Å². The minimum atomic E-state index is -3.57. The number of fused-ring (bicyclic) bond motifs is 11. The van der Waals surface area contributed by atoms with Gasteiger partial charge in [-0.15, -0.1) is 0 Å². The molecule has 0 bridgehead atoms. The summed E-state index contributed by atoms with van der Waals surface area (Å²) in [6, 6.07) is 64.1. The Morgan fingerprint density at radius 2 is 1.09 bits per heavy atom. The van der Waals surface area contributed by atoms with Crippen LogP contribution in [0.15, 0.2) is 188 Å². The van der Waals surface area contributed by atoms with Gasteiger partial charge in [0.05, 0.1) is 27.9 Å². The van der Waals surface area contributed by atoms with Crippen LogP contribution in [-0.4, -0.2) is 14.5 Å². The van der Waals surface area contributed by atoms with Crippen LogP contribution in [0, 0.1) is 0 Å². The predicted molar refractivity (Wildman–Crippen MR) is 224 cm³/mol. The molecule has 1 aliphatic heterocycles. The van der Waals surface area contributed by atoms with Crippen LogP contribution in [0.1, 0.15) is 0 Å². The quantitative estimate of drug-likeness (QED) is 0.171. The second-order valence-corrected chi connectivity index (χ2v) is 16.2. The lowest BCUT2D eigenvalue weighted by Crippen LogP contribution is -2.34. The Morgan fingerprint density at radius 3 is 1.87 bits per heavy atom. The Kier molecular flexibility index (Phi) is 6.76. The lowest BCUT2D eigenvalue weighted by molar-refractivity contribution is 0.587. The van der Waals surface area contributed by atoms with Gasteiger partial charge in [0.25, 0.3) is 0 Å². The van der Waals surface area contributed by atoms with Crippen molar-refractivity contribution in [1.82, 2.24) is 14.5 Å². The first-order valence-electron chi connectivity index (χ1n) is 18.1. The van der Waals surface area contributed by atoms with E-state index in [1.165, 1.54) is 0 Å². The van der Waals surface area contributed by atoms with E-state index in [0.717, 1.165) is 87.8 Å². The topological polar surface area (TPSA) is 51.0 Å². The van der Waals surface area contributed by atoms with Crippen molar-refractivity contribution in [2.45, 2.75) is 0 Å². The standard InChI is InChI=1S/C48H31N4OP/c53-54(34-22-8-3-9-23-34)42-31-17-14-28-39(42)44-36-25-11-10-24-35(36)43-38-27-13-16-30-41(38)51(46(43)47(44)52(54)33-20-6-2-7-21-33)48-49-40-29-15-12-26-37(40)45(50-48)32-18-4-1-5-19-32/h1-31H. The summed E-state index contributed by atoms with van der Waals surface area (Å²) in [7, 11) is -3.57. The Labute approximate surface area is 311 Å². The second kappa shape index (κ2) is 11.9. The van der Waals surface area contributed by atoms with Gasteiger partial charge in [0.2, 0.25) is 13.2 Å². The van der Waals surface area contributed by atoms with E-state index in [1.54, 1.807) is 0 Å². The molecule has 2 aromatic heterocycles. The first kappa shape index (κ1) is 30.8. The van der Waals surface area contributed by atoms with E-state index in [0.29, 0.717) is 5.95 Å². The number of aromatic nitrogens is 3. The number of anilines is 2. The molecule has 0 fully saturated rings. The molecule has 0 amide bonds. The molecule has 8 aromatic carbocycles. The van der Waals surface area contributed by atoms with Gasteiger partial charge < -0.3 is 0 Å². The van der Waals surface area contributed by atoms with E-state index in [2.05, 4.69) is 112 Å². The second-order valence-electron chi connectivity index (χ2n) is 13.7. The SMILES string of the molecule is O=P1(c2ccccc2)c2ccccc2-c2c(c3c(c4ccccc24)c2ccccc2n3-c2nc(-c3ccccc3)c3ccccc3n2)N1c1ccccc1. The number of benzene rings is 8. The Balaban J connectivity index is 1.40. The molecular weight excluding hydrogens is 680 g/mol. The van der Waals surface area contributed by atoms with Crippen molar-refractivity contribution in [2.75, 3.05) is 4.67 Å². The molecule has 0 saturated heterocycles. The highest BCUT2D eigenvalue weighted by atomic mass is 31.2. The summed E-state index contributed by atoms with van der Waals surface area (Å²) in [5, 5.41) is 6.92. The molecule has 0 aliphatic carbocycles. The number of para-hydroxylation sites is 3. The summed E-state index contributed by atoms with van der Waals surface area (Å²) in [4.78, 5) is 10.8. The Morgan fingerprint density at radius 1 is 0.500 bits per heavy atom. The number of hydrogen-bond donors (Lipinski definition) is 0. The van der Waals surface area contributed by atoms with E-state index in [-0.39, 0.29) is 0 Å². The molecule has 254 valence electrons. The fourth-order valence-electron chi connectivity index (χ4n) is 8.51. The molecule has 11 rings (SSSR count). The highest BCUT2D eigenvalue weighted by Crippen LogP contribution is 2.64. The minimum Gasteiger partial charge on any atom is -0.289 e. The van der Waals surface area contributed by atoms with Gasteiger partial charge in [-0.1, -0.05) is 146 Å². The number of hydrogen-bond acceptors (Lipinski definition) is 3. The van der Waals surface area contributed by atoms with Gasteiger partial charge >= 0.3 is 0 Å². The van der Waals surface area contributed by atoms with Crippen LogP contribution in [0.4, 0.5) is 11.4 Å². The summed E-state index contributed by atoms with van der Waals surface area (Å²) < 4.78 is 21.1. The van der Waals surface area contributed by atoms with Crippen molar-refractivity contribution in [2.24, 2.45) is 0 Å². The summed E-state index contributed by atoms with van der Waals surface area (Å²) in [5.74, 6) is 0.553. The molecule has 5 nitrogen and oxygen atoms in total. The maximum absolute atomic E-state index is 16.7. The van der Waals surface area contributed by atoms with Gasteiger partial charge in [0, 0.05) is 43.6 Å². The molecule has 1 atom stereocenters. The third kappa shape index (κ3) is 4.30. The molecule has 0 radical (unpaired) electrons. The normalized spacial score (nSPS) is 15.1. The van der Waals surface area contributed by atoms with E-state index in [4.69, 9.17) is 9.97 Å². The van der Waals surface area contributed by atoms with Crippen LogP contribution in [0.3, 0.4) is 0 Å². The molecular formula is C48H31N4OP. The molecule has 3 heterocycles. The third-order valence-corrected chi connectivity index (χ3v) is 13.8. The highest BCUT2D eigenvalue weighted by Gasteiger charge is 2.45. The molecule has 1 aliphatic rings. The Hall–Kier alpha value is -6.81. The van der Waals surface area contributed by atoms with Crippen LogP contribution < -0.4 is 15.3 Å². The largest absolute Gasteiger partial charge is 0.289 e. The fraction of sp³-hybridized carbons (Fsp3) is 0. The average molecular weight is 711 g/mol. The summed E-state index contributed by atoms with van der Waals surface area (Å²) in [6.45, 7) is 0. The van der Waals surface area contributed by atoms with E-state index >= 15 is 4.57 Å². The van der Waals surface area contributed by atoms with Crippen LogP contribution >= 0.6 is 7.29 Å². The monoisotopic (exact) mass is 710 g/mol. The number of nitrogens with zero attached hydrogens (tertiary/aromatic N) is 4. The van der Waals surface area contributed by atoms with Crippen LogP contribution in [0.5, 0.6) is 0 Å². The van der Waals surface area contributed by atoms with Crippen molar-refractivity contribution in [3.05, 3.63) is 188 Å². The van der Waals surface area contributed by atoms with Gasteiger partial charge in [0.15, 0.2) is 0 Å². The van der Waals surface area contributed by atoms with Crippen LogP contribution in [-0.2, 0) is 4.57 Å². The molecule has 0 spiro atoms. The van der Waals surface area contributed by atoms with Gasteiger partial charge in [0.1, 0.15) is 0 Å². The maximum Gasteiger partial charge on any atom is 0.235 e. The maximum atomic E-state index is 16.7. The lowest BCUT2D eigenvalue weighted by atomic mass is 9.92. The third-order valence-electron chi connectivity index (χ3n) is 10.7. The fourth-order valence-corrected chi connectivity index (χ4v) is 11.5. The summed E-state index contributed by atoms with van der Waals surface area (Å²) in [5.41, 5.74) is 8.32. The van der Waals surface area contributed by atoms with Crippen molar-refractivity contribution >= 4 is 72.8 Å². The van der Waals surface area contributed by atoms with Crippen molar-refractivity contribution in [3.63, 3.8) is 0 Å². The first-order chi connectivity index (χ1) is 26.7. The minimum absolute atomic E-state index is 0.553. The van der Waals surface area contributed by atoms with Crippen LogP contribution in [0.25, 0.3) is 71.8 Å². The van der Waals surface area contributed by atoms with E-state index in [9.17, 15) is 0 Å². The predicted octanol–water partition coefficient (Wildman–Crippen LogP) is 11.6. The van der Waals surface area contributed by atoms with E-state index in [1.807, 2.05) is 84.9 Å². The molecule has 0 saturated carbocycles. The molecule has 54 heavy (non-hydrogen) atoms. The zero-order chi connectivity index (χ0) is 35.8. The average Bonchev–Trinajstić information content (AvgIpc) is 3.60. The van der Waals surface area contributed by atoms with Crippen LogP contribution in [0.2, 0.25) is 0 Å². The lowest BCUT2D eigenvalue weighted by Gasteiger charge is -2.41. The smallest absolute Gasteiger partial charge is 0.235 e. The Bertz CT molecular complexity index is 3140. The van der Waals surface area contributed by atoms with Gasteiger partial charge in [-0.25, -0.2) is 9.97 Å². The van der Waals surface area contributed by atoms with E-state index < -0.39 is 7.29 Å². The van der Waals surface area contributed by atoms with Gasteiger partial charge in [-0.3, -0.25) is 13.8 Å². The van der Waals surface area contributed by atoms with Crippen molar-refractivity contribution < 1.29 is 4.57 Å². The summed E-state index contributed by atoms with van der Waals surface area (Å²) >= 11 is 0. The molecule has 0 N–H and O–H groups in total.